The molecule has 2 aromatic carbocycles. The van der Waals surface area contributed by atoms with Crippen LogP contribution in [0.4, 0.5) is 5.69 Å². The lowest BCUT2D eigenvalue weighted by molar-refractivity contribution is 0.368. The molecule has 0 radical (unpaired) electrons. The van der Waals surface area contributed by atoms with Gasteiger partial charge in [0.1, 0.15) is 11.8 Å². The van der Waals surface area contributed by atoms with Crippen LogP contribution in [0.1, 0.15) is 24.5 Å². The predicted molar refractivity (Wildman–Crippen MR) is 85.3 cm³/mol. The van der Waals surface area contributed by atoms with Gasteiger partial charge in [-0.3, -0.25) is 0 Å². The summed E-state index contributed by atoms with van der Waals surface area (Å²) < 4.78 is 5.32. The first-order chi connectivity index (χ1) is 10.3. The molecule has 0 heterocycles. The Hall–Kier alpha value is -2.47. The molecule has 1 N–H and O–H groups in total. The maximum absolute atomic E-state index is 8.54. The largest absolute Gasteiger partial charge is 0.479 e. The van der Waals surface area contributed by atoms with Crippen molar-refractivity contribution in [2.75, 3.05) is 11.9 Å². The smallest absolute Gasteiger partial charge is 0.174 e. The van der Waals surface area contributed by atoms with Crippen molar-refractivity contribution < 1.29 is 4.74 Å². The van der Waals surface area contributed by atoms with Crippen molar-refractivity contribution in [2.45, 2.75) is 26.3 Å². The maximum Gasteiger partial charge on any atom is 0.174 e. The van der Waals surface area contributed by atoms with E-state index in [-0.39, 0.29) is 6.61 Å². The monoisotopic (exact) mass is 280 g/mol. The summed E-state index contributed by atoms with van der Waals surface area (Å²) >= 11 is 0. The second-order valence-corrected chi connectivity index (χ2v) is 4.85. The molecule has 0 aliphatic heterocycles. The first-order valence-electron chi connectivity index (χ1n) is 7.24. The summed E-state index contributed by atoms with van der Waals surface area (Å²) in [6.45, 7) is 3.01. The molecular weight excluding hydrogens is 260 g/mol. The average Bonchev–Trinajstić information content (AvgIpc) is 2.53. The summed E-state index contributed by atoms with van der Waals surface area (Å²) in [5, 5.41) is 12.0. The molecule has 3 heteroatoms. The molecule has 3 nitrogen and oxygen atoms in total. The first-order valence-corrected chi connectivity index (χ1v) is 7.24. The molecule has 0 amide bonds. The fourth-order valence-electron chi connectivity index (χ4n) is 2.24. The van der Waals surface area contributed by atoms with E-state index in [4.69, 9.17) is 10.00 Å². The van der Waals surface area contributed by atoms with Gasteiger partial charge < -0.3 is 10.1 Å². The van der Waals surface area contributed by atoms with Crippen molar-refractivity contribution in [1.29, 1.82) is 5.26 Å². The zero-order valence-electron chi connectivity index (χ0n) is 12.3. The summed E-state index contributed by atoms with van der Waals surface area (Å²) in [6, 6.07) is 18.2. The van der Waals surface area contributed by atoms with Crippen LogP contribution in [-0.4, -0.2) is 6.61 Å². The molecule has 0 atom stereocenters. The van der Waals surface area contributed by atoms with E-state index < -0.39 is 0 Å². The minimum atomic E-state index is 0.0796. The minimum absolute atomic E-state index is 0.0796. The van der Waals surface area contributed by atoms with Gasteiger partial charge in [0.2, 0.25) is 0 Å². The molecule has 0 fully saturated rings. The number of hydrogen-bond acceptors (Lipinski definition) is 3. The summed E-state index contributed by atoms with van der Waals surface area (Å²) in [4.78, 5) is 0. The number of rotatable bonds is 7. The minimum Gasteiger partial charge on any atom is -0.479 e. The molecule has 0 saturated heterocycles. The van der Waals surface area contributed by atoms with E-state index in [0.717, 1.165) is 30.7 Å². The summed E-state index contributed by atoms with van der Waals surface area (Å²) in [7, 11) is 0. The molecule has 2 rings (SSSR count). The van der Waals surface area contributed by atoms with E-state index in [2.05, 4.69) is 36.5 Å². The summed E-state index contributed by atoms with van der Waals surface area (Å²) in [5.74, 6) is 0.734. The van der Waals surface area contributed by atoms with Gasteiger partial charge in [0.05, 0.1) is 0 Å². The predicted octanol–water partition coefficient (Wildman–Crippen LogP) is 4.15. The van der Waals surface area contributed by atoms with Crippen LogP contribution in [0, 0.1) is 11.3 Å². The van der Waals surface area contributed by atoms with E-state index in [1.54, 1.807) is 0 Å². The zero-order chi connectivity index (χ0) is 14.9. The number of anilines is 1. The van der Waals surface area contributed by atoms with Crippen molar-refractivity contribution >= 4 is 5.69 Å². The van der Waals surface area contributed by atoms with Crippen LogP contribution in [0.25, 0.3) is 0 Å². The van der Waals surface area contributed by atoms with Crippen LogP contribution in [-0.2, 0) is 13.0 Å². The molecule has 0 aliphatic rings. The van der Waals surface area contributed by atoms with E-state index in [1.165, 1.54) is 11.3 Å². The third-order valence-electron chi connectivity index (χ3n) is 3.22. The molecule has 0 bridgehead atoms. The maximum atomic E-state index is 8.54. The van der Waals surface area contributed by atoms with Crippen LogP contribution in [0.3, 0.4) is 0 Å². The molecule has 0 aromatic heterocycles. The third kappa shape index (κ3) is 4.54. The van der Waals surface area contributed by atoms with Gasteiger partial charge in [-0.05, 0) is 35.7 Å². The van der Waals surface area contributed by atoms with Crippen molar-refractivity contribution in [3.63, 3.8) is 0 Å². The van der Waals surface area contributed by atoms with Crippen LogP contribution in [0.5, 0.6) is 5.75 Å². The lowest BCUT2D eigenvalue weighted by atomic mass is 10.1. The van der Waals surface area contributed by atoms with Gasteiger partial charge in [0.15, 0.2) is 6.61 Å². The topological polar surface area (TPSA) is 45.0 Å². The Bertz CT molecular complexity index is 617. The second-order valence-electron chi connectivity index (χ2n) is 4.85. The molecule has 0 unspecified atom stereocenters. The van der Waals surface area contributed by atoms with E-state index in [9.17, 15) is 0 Å². The Balaban J connectivity index is 2.01. The molecule has 0 aliphatic carbocycles. The number of nitriles is 1. The standard InChI is InChI=1S/C18H20N2O/c1-2-6-16-8-3-4-10-18(16)20-14-15-7-5-9-17(13-15)21-12-11-19/h3-5,7-10,13,20H,2,6,12,14H2,1H3. The molecule has 108 valence electrons. The second kappa shape index (κ2) is 7.96. The fourth-order valence-corrected chi connectivity index (χ4v) is 2.24. The van der Waals surface area contributed by atoms with Crippen molar-refractivity contribution in [3.05, 3.63) is 59.7 Å². The van der Waals surface area contributed by atoms with Gasteiger partial charge in [-0.2, -0.15) is 5.26 Å². The highest BCUT2D eigenvalue weighted by atomic mass is 16.5. The Morgan fingerprint density at radius 2 is 2.00 bits per heavy atom. The van der Waals surface area contributed by atoms with Crippen LogP contribution in [0.2, 0.25) is 0 Å². The van der Waals surface area contributed by atoms with Gasteiger partial charge in [-0.15, -0.1) is 0 Å². The van der Waals surface area contributed by atoms with Crippen molar-refractivity contribution in [2.24, 2.45) is 0 Å². The van der Waals surface area contributed by atoms with Crippen LogP contribution in [0.15, 0.2) is 48.5 Å². The molecular formula is C18H20N2O. The number of aryl methyl sites for hydroxylation is 1. The van der Waals surface area contributed by atoms with Gasteiger partial charge in [-0.1, -0.05) is 43.7 Å². The number of ether oxygens (including phenoxy) is 1. The van der Waals surface area contributed by atoms with Gasteiger partial charge in [0.25, 0.3) is 0 Å². The van der Waals surface area contributed by atoms with Crippen LogP contribution >= 0.6 is 0 Å². The highest BCUT2D eigenvalue weighted by molar-refractivity contribution is 5.51. The van der Waals surface area contributed by atoms with Crippen molar-refractivity contribution in [1.82, 2.24) is 0 Å². The number of hydrogen-bond donors (Lipinski definition) is 1. The SMILES string of the molecule is CCCc1ccccc1NCc1cccc(OCC#N)c1. The lowest BCUT2D eigenvalue weighted by Crippen LogP contribution is -2.03. The number of para-hydroxylation sites is 1. The zero-order valence-corrected chi connectivity index (χ0v) is 12.3. The Labute approximate surface area is 126 Å². The van der Waals surface area contributed by atoms with Gasteiger partial charge in [0, 0.05) is 12.2 Å². The number of benzene rings is 2. The Morgan fingerprint density at radius 1 is 1.14 bits per heavy atom. The Kier molecular flexibility index (Phi) is 5.66. The lowest BCUT2D eigenvalue weighted by Gasteiger charge is -2.12. The molecule has 0 spiro atoms. The normalized spacial score (nSPS) is 9.90. The van der Waals surface area contributed by atoms with E-state index in [0.29, 0.717) is 0 Å². The van der Waals surface area contributed by atoms with Gasteiger partial charge >= 0.3 is 0 Å². The van der Waals surface area contributed by atoms with Crippen LogP contribution < -0.4 is 10.1 Å². The average molecular weight is 280 g/mol. The molecule has 2 aromatic rings. The molecule has 21 heavy (non-hydrogen) atoms. The summed E-state index contributed by atoms with van der Waals surface area (Å²) in [6.07, 6.45) is 2.21. The number of nitrogens with one attached hydrogen (secondary N) is 1. The Morgan fingerprint density at radius 3 is 2.81 bits per heavy atom. The summed E-state index contributed by atoms with van der Waals surface area (Å²) in [5.41, 5.74) is 3.66. The fraction of sp³-hybridized carbons (Fsp3) is 0.278. The highest BCUT2D eigenvalue weighted by Gasteiger charge is 2.01. The highest BCUT2D eigenvalue weighted by Crippen LogP contribution is 2.19. The quantitative estimate of drug-likeness (QED) is 0.828. The third-order valence-corrected chi connectivity index (χ3v) is 3.22. The number of nitrogens with zero attached hydrogens (tertiary/aromatic N) is 1. The van der Waals surface area contributed by atoms with E-state index >= 15 is 0 Å². The molecule has 0 saturated carbocycles. The first kappa shape index (κ1) is 14.9. The van der Waals surface area contributed by atoms with Gasteiger partial charge in [-0.25, -0.2) is 0 Å². The van der Waals surface area contributed by atoms with Crippen molar-refractivity contribution in [3.8, 4) is 11.8 Å². The van der Waals surface area contributed by atoms with E-state index in [1.807, 2.05) is 30.3 Å².